The van der Waals surface area contributed by atoms with E-state index in [4.69, 9.17) is 9.84 Å². The van der Waals surface area contributed by atoms with E-state index in [2.05, 4.69) is 4.98 Å². The normalized spacial score (nSPS) is 10.8. The molecule has 0 aliphatic heterocycles. The van der Waals surface area contributed by atoms with E-state index in [0.717, 1.165) is 11.0 Å². The molecule has 2 aromatic carbocycles. The van der Waals surface area contributed by atoms with Gasteiger partial charge in [0.1, 0.15) is 23.9 Å². The monoisotopic (exact) mass is 298 g/mol. The van der Waals surface area contributed by atoms with Gasteiger partial charge in [-0.25, -0.2) is 9.78 Å². The van der Waals surface area contributed by atoms with Crippen LogP contribution in [-0.4, -0.2) is 25.7 Å². The molecule has 22 heavy (non-hydrogen) atoms. The largest absolute Gasteiger partial charge is 0.508 e. The number of aromatic nitrogens is 2. The van der Waals surface area contributed by atoms with Crippen molar-refractivity contribution in [1.29, 1.82) is 0 Å². The summed E-state index contributed by atoms with van der Waals surface area (Å²) in [5.74, 6) is 0.330. The molecule has 2 N–H and O–H groups in total. The van der Waals surface area contributed by atoms with Crippen LogP contribution in [0.3, 0.4) is 0 Å². The number of benzene rings is 2. The number of phenols is 1. The molecular formula is C16H14N2O4. The number of carboxylic acid groups (broad SMARTS) is 1. The predicted molar refractivity (Wildman–Crippen MR) is 80.1 cm³/mol. The third-order valence-electron chi connectivity index (χ3n) is 3.41. The van der Waals surface area contributed by atoms with E-state index in [1.54, 1.807) is 30.3 Å². The molecule has 0 saturated carbocycles. The SMILES string of the molecule is Cn1c(COc2cccc(C(=O)O)c2)nc2ccc(O)cc21. The van der Waals surface area contributed by atoms with E-state index < -0.39 is 5.97 Å². The highest BCUT2D eigenvalue weighted by atomic mass is 16.5. The summed E-state index contributed by atoms with van der Waals surface area (Å²) >= 11 is 0. The standard InChI is InChI=1S/C16H14N2O4/c1-18-14-8-11(19)5-6-13(14)17-15(18)9-22-12-4-2-3-10(7-12)16(20)21/h2-8,19H,9H2,1H3,(H,20,21). The predicted octanol–water partition coefficient (Wildman–Crippen LogP) is 2.56. The number of phenolic OH excluding ortho intramolecular Hbond substituents is 1. The molecule has 3 rings (SSSR count). The lowest BCUT2D eigenvalue weighted by Crippen LogP contribution is -2.04. The van der Waals surface area contributed by atoms with E-state index in [9.17, 15) is 9.90 Å². The Kier molecular flexibility index (Phi) is 3.42. The van der Waals surface area contributed by atoms with Gasteiger partial charge in [-0.05, 0) is 30.3 Å². The number of carboxylic acids is 1. The van der Waals surface area contributed by atoms with E-state index in [-0.39, 0.29) is 17.9 Å². The summed E-state index contributed by atoms with van der Waals surface area (Å²) in [6.45, 7) is 0.203. The molecule has 0 spiro atoms. The maximum absolute atomic E-state index is 10.9. The number of hydrogen-bond donors (Lipinski definition) is 2. The van der Waals surface area contributed by atoms with Gasteiger partial charge in [-0.1, -0.05) is 6.07 Å². The second kappa shape index (κ2) is 5.40. The Morgan fingerprint density at radius 1 is 1.27 bits per heavy atom. The Bertz CT molecular complexity index is 854. The minimum absolute atomic E-state index is 0.174. The first-order valence-electron chi connectivity index (χ1n) is 6.65. The van der Waals surface area contributed by atoms with Crippen LogP contribution in [0.4, 0.5) is 0 Å². The van der Waals surface area contributed by atoms with Gasteiger partial charge >= 0.3 is 5.97 Å². The Labute approximate surface area is 126 Å². The highest BCUT2D eigenvalue weighted by Gasteiger charge is 2.10. The van der Waals surface area contributed by atoms with Crippen LogP contribution in [0.2, 0.25) is 0 Å². The number of imidazole rings is 1. The summed E-state index contributed by atoms with van der Waals surface area (Å²) in [5.41, 5.74) is 1.74. The average Bonchev–Trinajstić information content (AvgIpc) is 2.82. The first-order valence-corrected chi connectivity index (χ1v) is 6.65. The van der Waals surface area contributed by atoms with Crippen molar-refractivity contribution >= 4 is 17.0 Å². The molecular weight excluding hydrogens is 284 g/mol. The Morgan fingerprint density at radius 2 is 2.09 bits per heavy atom. The summed E-state index contributed by atoms with van der Waals surface area (Å²) in [7, 11) is 1.83. The van der Waals surface area contributed by atoms with E-state index in [1.165, 1.54) is 12.1 Å². The highest BCUT2D eigenvalue weighted by molar-refractivity contribution is 5.88. The Hall–Kier alpha value is -3.02. The molecule has 0 unspecified atom stereocenters. The number of nitrogens with zero attached hydrogens (tertiary/aromatic N) is 2. The zero-order valence-electron chi connectivity index (χ0n) is 11.9. The summed E-state index contributed by atoms with van der Waals surface area (Å²) in [6, 6.07) is 11.3. The van der Waals surface area contributed by atoms with Gasteiger partial charge in [0.25, 0.3) is 0 Å². The Morgan fingerprint density at radius 3 is 2.86 bits per heavy atom. The molecule has 0 atom stereocenters. The van der Waals surface area contributed by atoms with Crippen LogP contribution in [0.5, 0.6) is 11.5 Å². The first-order chi connectivity index (χ1) is 10.5. The first kappa shape index (κ1) is 13.9. The van der Waals surface area contributed by atoms with Gasteiger partial charge in [-0.2, -0.15) is 0 Å². The molecule has 0 amide bonds. The number of aromatic hydroxyl groups is 1. The number of aromatic carboxylic acids is 1. The molecule has 112 valence electrons. The van der Waals surface area contributed by atoms with Gasteiger partial charge in [-0.3, -0.25) is 0 Å². The zero-order valence-corrected chi connectivity index (χ0v) is 11.9. The number of carbonyl (C=O) groups is 1. The molecule has 1 heterocycles. The third-order valence-corrected chi connectivity index (χ3v) is 3.41. The second-order valence-electron chi connectivity index (χ2n) is 4.88. The molecule has 0 fully saturated rings. The van der Waals surface area contributed by atoms with Crippen molar-refractivity contribution in [2.75, 3.05) is 0 Å². The third kappa shape index (κ3) is 2.58. The van der Waals surface area contributed by atoms with Gasteiger partial charge in [0.2, 0.25) is 0 Å². The van der Waals surface area contributed by atoms with Crippen molar-refractivity contribution in [1.82, 2.24) is 9.55 Å². The van der Waals surface area contributed by atoms with Gasteiger partial charge in [0, 0.05) is 13.1 Å². The molecule has 0 aliphatic carbocycles. The number of ether oxygens (including phenoxy) is 1. The molecule has 0 radical (unpaired) electrons. The fourth-order valence-electron chi connectivity index (χ4n) is 2.22. The minimum Gasteiger partial charge on any atom is -0.508 e. The van der Waals surface area contributed by atoms with Crippen LogP contribution >= 0.6 is 0 Å². The average molecular weight is 298 g/mol. The minimum atomic E-state index is -0.997. The molecule has 6 heteroatoms. The summed E-state index contributed by atoms with van der Waals surface area (Å²) in [6.07, 6.45) is 0. The van der Waals surface area contributed by atoms with E-state index in [1.807, 2.05) is 11.6 Å². The number of fused-ring (bicyclic) bond motifs is 1. The maximum Gasteiger partial charge on any atom is 0.335 e. The van der Waals surface area contributed by atoms with Crippen molar-refractivity contribution in [3.63, 3.8) is 0 Å². The van der Waals surface area contributed by atoms with Crippen molar-refractivity contribution < 1.29 is 19.7 Å². The summed E-state index contributed by atoms with van der Waals surface area (Å²) in [4.78, 5) is 15.4. The van der Waals surface area contributed by atoms with Crippen LogP contribution in [-0.2, 0) is 13.7 Å². The van der Waals surface area contributed by atoms with E-state index >= 15 is 0 Å². The van der Waals surface area contributed by atoms with Crippen LogP contribution < -0.4 is 4.74 Å². The molecule has 1 aromatic heterocycles. The van der Waals surface area contributed by atoms with Gasteiger partial charge in [-0.15, -0.1) is 0 Å². The van der Waals surface area contributed by atoms with Gasteiger partial charge in [0.05, 0.1) is 16.6 Å². The Balaban J connectivity index is 1.83. The highest BCUT2D eigenvalue weighted by Crippen LogP contribution is 2.21. The fourth-order valence-corrected chi connectivity index (χ4v) is 2.22. The lowest BCUT2D eigenvalue weighted by Gasteiger charge is -2.07. The van der Waals surface area contributed by atoms with Crippen LogP contribution in [0.15, 0.2) is 42.5 Å². The van der Waals surface area contributed by atoms with Crippen molar-refractivity contribution in [2.45, 2.75) is 6.61 Å². The van der Waals surface area contributed by atoms with Crippen LogP contribution in [0, 0.1) is 0 Å². The van der Waals surface area contributed by atoms with Gasteiger partial charge < -0.3 is 19.5 Å². The number of aryl methyl sites for hydroxylation is 1. The lowest BCUT2D eigenvalue weighted by molar-refractivity contribution is 0.0696. The number of hydrogen-bond acceptors (Lipinski definition) is 4. The van der Waals surface area contributed by atoms with Crippen molar-refractivity contribution in [3.05, 3.63) is 53.9 Å². The smallest absolute Gasteiger partial charge is 0.335 e. The maximum atomic E-state index is 10.9. The zero-order chi connectivity index (χ0) is 15.7. The summed E-state index contributed by atoms with van der Waals surface area (Å²) in [5, 5.41) is 18.5. The van der Waals surface area contributed by atoms with Crippen LogP contribution in [0.1, 0.15) is 16.2 Å². The quantitative estimate of drug-likeness (QED) is 0.773. The molecule has 3 aromatic rings. The molecule has 0 aliphatic rings. The molecule has 0 bridgehead atoms. The number of rotatable bonds is 4. The lowest BCUT2D eigenvalue weighted by atomic mass is 10.2. The fraction of sp³-hybridized carbons (Fsp3) is 0.125. The molecule has 0 saturated heterocycles. The van der Waals surface area contributed by atoms with Crippen LogP contribution in [0.25, 0.3) is 11.0 Å². The van der Waals surface area contributed by atoms with Crippen molar-refractivity contribution in [2.24, 2.45) is 7.05 Å². The topological polar surface area (TPSA) is 84.6 Å². The van der Waals surface area contributed by atoms with Crippen molar-refractivity contribution in [3.8, 4) is 11.5 Å². The second-order valence-corrected chi connectivity index (χ2v) is 4.88. The summed E-state index contributed by atoms with van der Waals surface area (Å²) < 4.78 is 7.44. The van der Waals surface area contributed by atoms with E-state index in [0.29, 0.717) is 11.6 Å². The molecule has 6 nitrogen and oxygen atoms in total. The van der Waals surface area contributed by atoms with Gasteiger partial charge in [0.15, 0.2) is 0 Å².